The maximum atomic E-state index is 9.07. The molecule has 3 nitrogen and oxygen atoms in total. The van der Waals surface area contributed by atoms with Gasteiger partial charge in [-0.1, -0.05) is 29.8 Å². The van der Waals surface area contributed by atoms with Crippen LogP contribution in [0.1, 0.15) is 27.2 Å². The standard InChI is InChI=1S/C9H19BrN2O/c1-8(2)6-9(3)11-4-5-12(13)7-10/h8,13H,4-7H2,1-3H3. The number of alkyl halides is 1. The van der Waals surface area contributed by atoms with Gasteiger partial charge in [0.05, 0.1) is 12.0 Å². The van der Waals surface area contributed by atoms with E-state index < -0.39 is 0 Å². The van der Waals surface area contributed by atoms with E-state index in [4.69, 9.17) is 5.21 Å². The fraction of sp³-hybridized carbons (Fsp3) is 0.889. The van der Waals surface area contributed by atoms with Crippen molar-refractivity contribution in [1.29, 1.82) is 0 Å². The lowest BCUT2D eigenvalue weighted by atomic mass is 10.1. The van der Waals surface area contributed by atoms with Crippen LogP contribution in [-0.2, 0) is 0 Å². The third-order valence-electron chi connectivity index (χ3n) is 1.58. The van der Waals surface area contributed by atoms with Gasteiger partial charge in [-0.2, -0.15) is 5.06 Å². The highest BCUT2D eigenvalue weighted by Crippen LogP contribution is 2.01. The molecule has 0 atom stereocenters. The Bertz CT molecular complexity index is 160. The second kappa shape index (κ2) is 7.47. The molecule has 0 aliphatic heterocycles. The molecule has 13 heavy (non-hydrogen) atoms. The smallest absolute Gasteiger partial charge is 0.0792 e. The first-order chi connectivity index (χ1) is 6.06. The van der Waals surface area contributed by atoms with Crippen molar-refractivity contribution < 1.29 is 5.21 Å². The highest BCUT2D eigenvalue weighted by atomic mass is 79.9. The van der Waals surface area contributed by atoms with Crippen LogP contribution in [0.2, 0.25) is 0 Å². The molecule has 0 aromatic heterocycles. The fourth-order valence-electron chi connectivity index (χ4n) is 1.07. The minimum Gasteiger partial charge on any atom is -0.313 e. The zero-order valence-electron chi connectivity index (χ0n) is 8.63. The highest BCUT2D eigenvalue weighted by molar-refractivity contribution is 9.09. The van der Waals surface area contributed by atoms with E-state index in [0.29, 0.717) is 24.5 Å². The maximum Gasteiger partial charge on any atom is 0.0792 e. The summed E-state index contributed by atoms with van der Waals surface area (Å²) in [6, 6.07) is 0. The number of aliphatic imine (C=N–C) groups is 1. The van der Waals surface area contributed by atoms with Crippen LogP contribution in [0.5, 0.6) is 0 Å². The first-order valence-electron chi connectivity index (χ1n) is 4.56. The topological polar surface area (TPSA) is 35.8 Å². The lowest BCUT2D eigenvalue weighted by Crippen LogP contribution is -2.20. The predicted octanol–water partition coefficient (Wildman–Crippen LogP) is 2.54. The van der Waals surface area contributed by atoms with Gasteiger partial charge >= 0.3 is 0 Å². The molecule has 0 bridgehead atoms. The molecule has 0 fully saturated rings. The van der Waals surface area contributed by atoms with Crippen molar-refractivity contribution >= 4 is 21.6 Å². The molecular weight excluding hydrogens is 232 g/mol. The van der Waals surface area contributed by atoms with Gasteiger partial charge in [0.25, 0.3) is 0 Å². The van der Waals surface area contributed by atoms with Gasteiger partial charge in [-0.25, -0.2) is 0 Å². The van der Waals surface area contributed by atoms with Crippen molar-refractivity contribution in [1.82, 2.24) is 5.06 Å². The van der Waals surface area contributed by atoms with Gasteiger partial charge in [-0.05, 0) is 19.3 Å². The van der Waals surface area contributed by atoms with Gasteiger partial charge in [0.15, 0.2) is 0 Å². The molecule has 0 rings (SSSR count). The first-order valence-corrected chi connectivity index (χ1v) is 5.68. The highest BCUT2D eigenvalue weighted by Gasteiger charge is 1.98. The Morgan fingerprint density at radius 2 is 2.15 bits per heavy atom. The molecule has 4 heteroatoms. The van der Waals surface area contributed by atoms with Crippen molar-refractivity contribution in [2.45, 2.75) is 27.2 Å². The monoisotopic (exact) mass is 250 g/mol. The average molecular weight is 251 g/mol. The zero-order chi connectivity index (χ0) is 10.3. The molecule has 0 saturated carbocycles. The van der Waals surface area contributed by atoms with E-state index in [-0.39, 0.29) is 0 Å². The van der Waals surface area contributed by atoms with Crippen molar-refractivity contribution in [2.24, 2.45) is 10.9 Å². The summed E-state index contributed by atoms with van der Waals surface area (Å²) in [5, 5.41) is 10.3. The van der Waals surface area contributed by atoms with Gasteiger partial charge in [-0.3, -0.25) is 4.99 Å². The predicted molar refractivity (Wildman–Crippen MR) is 59.7 cm³/mol. The lowest BCUT2D eigenvalue weighted by molar-refractivity contribution is -0.0670. The largest absolute Gasteiger partial charge is 0.313 e. The van der Waals surface area contributed by atoms with Crippen molar-refractivity contribution in [2.75, 3.05) is 18.5 Å². The van der Waals surface area contributed by atoms with Gasteiger partial charge in [-0.15, -0.1) is 0 Å². The number of halogens is 1. The van der Waals surface area contributed by atoms with Crippen molar-refractivity contribution in [3.05, 3.63) is 0 Å². The molecular formula is C9H19BrN2O. The quantitative estimate of drug-likeness (QED) is 0.341. The number of hydrogen-bond acceptors (Lipinski definition) is 3. The van der Waals surface area contributed by atoms with Crippen molar-refractivity contribution in [3.8, 4) is 0 Å². The number of hydroxylamine groups is 2. The molecule has 0 spiro atoms. The summed E-state index contributed by atoms with van der Waals surface area (Å²) in [4.78, 5) is 4.35. The second-order valence-corrected chi connectivity index (χ2v) is 4.07. The summed E-state index contributed by atoms with van der Waals surface area (Å²) < 4.78 is 0. The SMILES string of the molecule is CC(CC(C)C)=NCCN(O)CBr. The number of rotatable bonds is 6. The fourth-order valence-corrected chi connectivity index (χ4v) is 1.32. The number of nitrogens with zero attached hydrogens (tertiary/aromatic N) is 2. The Hall–Kier alpha value is 0.0700. The van der Waals surface area contributed by atoms with Crippen LogP contribution in [0.3, 0.4) is 0 Å². The van der Waals surface area contributed by atoms with E-state index in [2.05, 4.69) is 34.8 Å². The van der Waals surface area contributed by atoms with Gasteiger partial charge in [0, 0.05) is 12.3 Å². The summed E-state index contributed by atoms with van der Waals surface area (Å²) in [6.45, 7) is 7.64. The van der Waals surface area contributed by atoms with E-state index in [1.807, 2.05) is 6.92 Å². The minimum atomic E-state index is 0.478. The molecule has 0 amide bonds. The van der Waals surface area contributed by atoms with E-state index in [0.717, 1.165) is 12.1 Å². The van der Waals surface area contributed by atoms with Crippen LogP contribution >= 0.6 is 15.9 Å². The summed E-state index contributed by atoms with van der Waals surface area (Å²) in [5.74, 6) is 0.658. The van der Waals surface area contributed by atoms with Crippen LogP contribution in [0.4, 0.5) is 0 Å². The molecule has 0 aromatic carbocycles. The van der Waals surface area contributed by atoms with Gasteiger partial charge < -0.3 is 5.21 Å². The molecule has 78 valence electrons. The van der Waals surface area contributed by atoms with Gasteiger partial charge in [0.1, 0.15) is 0 Å². The Morgan fingerprint density at radius 1 is 1.54 bits per heavy atom. The van der Waals surface area contributed by atoms with Crippen LogP contribution in [0.15, 0.2) is 4.99 Å². The third-order valence-corrected chi connectivity index (χ3v) is 2.16. The summed E-state index contributed by atoms with van der Waals surface area (Å²) in [7, 11) is 0. The van der Waals surface area contributed by atoms with E-state index in [1.54, 1.807) is 0 Å². The van der Waals surface area contributed by atoms with Crippen LogP contribution < -0.4 is 0 Å². The number of hydrogen-bond donors (Lipinski definition) is 1. The molecule has 1 N–H and O–H groups in total. The Morgan fingerprint density at radius 3 is 2.62 bits per heavy atom. The second-order valence-electron chi connectivity index (χ2n) is 3.56. The summed E-state index contributed by atoms with van der Waals surface area (Å²) in [5.41, 5.74) is 1.64. The molecule has 0 saturated heterocycles. The molecule has 0 aromatic rings. The zero-order valence-corrected chi connectivity index (χ0v) is 10.2. The Balaban J connectivity index is 3.58. The molecule has 0 aliphatic rings. The molecule has 0 unspecified atom stereocenters. The summed E-state index contributed by atoms with van der Waals surface area (Å²) in [6.07, 6.45) is 1.04. The lowest BCUT2D eigenvalue weighted by Gasteiger charge is -2.09. The molecule has 0 heterocycles. The molecule has 0 aliphatic carbocycles. The maximum absolute atomic E-state index is 9.07. The van der Waals surface area contributed by atoms with Crippen LogP contribution in [0.25, 0.3) is 0 Å². The Kier molecular flexibility index (Phi) is 7.51. The molecule has 0 radical (unpaired) electrons. The summed E-state index contributed by atoms with van der Waals surface area (Å²) >= 11 is 3.15. The minimum absolute atomic E-state index is 0.478. The Labute approximate surface area is 88.9 Å². The normalized spacial score (nSPS) is 13.0. The average Bonchev–Trinajstić information content (AvgIpc) is 2.02. The van der Waals surface area contributed by atoms with E-state index >= 15 is 0 Å². The van der Waals surface area contributed by atoms with E-state index in [1.165, 1.54) is 5.06 Å². The van der Waals surface area contributed by atoms with Gasteiger partial charge in [0.2, 0.25) is 0 Å². The van der Waals surface area contributed by atoms with E-state index in [9.17, 15) is 0 Å². The first kappa shape index (κ1) is 13.1. The van der Waals surface area contributed by atoms with Crippen LogP contribution in [-0.4, -0.2) is 34.5 Å². The van der Waals surface area contributed by atoms with Crippen molar-refractivity contribution in [3.63, 3.8) is 0 Å². The van der Waals surface area contributed by atoms with Crippen LogP contribution in [0, 0.1) is 5.92 Å². The third kappa shape index (κ3) is 8.40.